The number of nitrogens with zero attached hydrogens (tertiary/aromatic N) is 4. The second kappa shape index (κ2) is 6.16. The molecular formula is C16H14ClN5OS. The fourth-order valence-corrected chi connectivity index (χ4v) is 3.45. The van der Waals surface area contributed by atoms with Crippen molar-refractivity contribution in [2.24, 2.45) is 5.73 Å². The maximum atomic E-state index is 6.20. The van der Waals surface area contributed by atoms with Crippen molar-refractivity contribution in [3.05, 3.63) is 47.2 Å². The van der Waals surface area contributed by atoms with Gasteiger partial charge in [0, 0.05) is 4.90 Å². The maximum absolute atomic E-state index is 6.20. The van der Waals surface area contributed by atoms with Gasteiger partial charge in [0.05, 0.1) is 10.6 Å². The quantitative estimate of drug-likeness (QED) is 0.759. The molecule has 2 heterocycles. The zero-order chi connectivity index (χ0) is 16.6. The SMILES string of the molecule is NC1(c2noc(-c3ccc(Sc4ccccc4Cl)nn3)n2)CCC1. The summed E-state index contributed by atoms with van der Waals surface area (Å²) in [6, 6.07) is 11.2. The molecule has 2 aromatic heterocycles. The highest BCUT2D eigenvalue weighted by Crippen LogP contribution is 2.37. The number of hydrogen-bond donors (Lipinski definition) is 1. The summed E-state index contributed by atoms with van der Waals surface area (Å²) in [7, 11) is 0. The number of halogens is 1. The Labute approximate surface area is 147 Å². The minimum absolute atomic E-state index is 0.337. The monoisotopic (exact) mass is 359 g/mol. The topological polar surface area (TPSA) is 90.7 Å². The smallest absolute Gasteiger partial charge is 0.278 e. The zero-order valence-corrected chi connectivity index (χ0v) is 14.2. The van der Waals surface area contributed by atoms with Crippen molar-refractivity contribution in [2.45, 2.75) is 34.7 Å². The first kappa shape index (κ1) is 15.6. The summed E-state index contributed by atoms with van der Waals surface area (Å²) in [5.41, 5.74) is 6.28. The molecule has 1 aliphatic carbocycles. The van der Waals surface area contributed by atoms with Gasteiger partial charge < -0.3 is 10.3 Å². The first-order valence-electron chi connectivity index (χ1n) is 7.54. The molecule has 8 heteroatoms. The molecule has 122 valence electrons. The minimum atomic E-state index is -0.449. The van der Waals surface area contributed by atoms with Gasteiger partial charge in [0.15, 0.2) is 11.5 Å². The molecule has 3 aromatic rings. The van der Waals surface area contributed by atoms with Crippen molar-refractivity contribution in [1.82, 2.24) is 20.3 Å². The molecule has 0 spiro atoms. The Morgan fingerprint density at radius 2 is 1.96 bits per heavy atom. The van der Waals surface area contributed by atoms with E-state index in [9.17, 15) is 0 Å². The average molecular weight is 360 g/mol. The first-order valence-corrected chi connectivity index (χ1v) is 8.73. The lowest BCUT2D eigenvalue weighted by Gasteiger charge is -2.34. The fraction of sp³-hybridized carbons (Fsp3) is 0.250. The standard InChI is InChI=1S/C16H14ClN5OS/c17-10-4-1-2-5-12(10)24-13-7-6-11(20-21-13)14-19-15(22-23-14)16(18)8-3-9-16/h1-2,4-7H,3,8-9,18H2. The molecule has 0 atom stereocenters. The van der Waals surface area contributed by atoms with Gasteiger partial charge in [0.2, 0.25) is 0 Å². The Bertz CT molecular complexity index is 863. The van der Waals surface area contributed by atoms with Gasteiger partial charge in [0.25, 0.3) is 5.89 Å². The first-order chi connectivity index (χ1) is 11.6. The Balaban J connectivity index is 1.53. The third-order valence-corrected chi connectivity index (χ3v) is 5.47. The predicted octanol–water partition coefficient (Wildman–Crippen LogP) is 3.67. The van der Waals surface area contributed by atoms with Crippen molar-refractivity contribution in [3.63, 3.8) is 0 Å². The number of aromatic nitrogens is 4. The van der Waals surface area contributed by atoms with Crippen LogP contribution in [0.4, 0.5) is 0 Å². The van der Waals surface area contributed by atoms with Gasteiger partial charge in [0.1, 0.15) is 5.03 Å². The lowest BCUT2D eigenvalue weighted by Crippen LogP contribution is -2.44. The van der Waals surface area contributed by atoms with E-state index in [1.54, 1.807) is 6.07 Å². The highest BCUT2D eigenvalue weighted by Gasteiger charge is 2.39. The summed E-state index contributed by atoms with van der Waals surface area (Å²) in [5.74, 6) is 0.878. The molecule has 1 aliphatic rings. The van der Waals surface area contributed by atoms with E-state index in [0.29, 0.717) is 22.4 Å². The molecule has 1 saturated carbocycles. The van der Waals surface area contributed by atoms with Crippen LogP contribution in [0, 0.1) is 0 Å². The Morgan fingerprint density at radius 3 is 2.62 bits per heavy atom. The molecular weight excluding hydrogens is 346 g/mol. The van der Waals surface area contributed by atoms with Crippen LogP contribution >= 0.6 is 23.4 Å². The predicted molar refractivity (Wildman–Crippen MR) is 90.6 cm³/mol. The summed E-state index contributed by atoms with van der Waals surface area (Å²) in [6.45, 7) is 0. The van der Waals surface area contributed by atoms with Crippen LogP contribution in [-0.2, 0) is 5.54 Å². The number of hydrogen-bond acceptors (Lipinski definition) is 7. The van der Waals surface area contributed by atoms with Crippen LogP contribution in [0.25, 0.3) is 11.6 Å². The van der Waals surface area contributed by atoms with Crippen LogP contribution in [0.5, 0.6) is 0 Å². The second-order valence-corrected chi connectivity index (χ2v) is 7.19. The Hall–Kier alpha value is -1.96. The van der Waals surface area contributed by atoms with Gasteiger partial charge >= 0.3 is 0 Å². The van der Waals surface area contributed by atoms with E-state index in [2.05, 4.69) is 20.3 Å². The molecule has 1 fully saturated rings. The zero-order valence-electron chi connectivity index (χ0n) is 12.6. The van der Waals surface area contributed by atoms with Gasteiger partial charge in [-0.1, -0.05) is 40.7 Å². The highest BCUT2D eigenvalue weighted by molar-refractivity contribution is 7.99. The van der Waals surface area contributed by atoms with E-state index in [1.165, 1.54) is 11.8 Å². The molecule has 24 heavy (non-hydrogen) atoms. The average Bonchev–Trinajstić information content (AvgIpc) is 3.06. The summed E-state index contributed by atoms with van der Waals surface area (Å²) >= 11 is 7.60. The molecule has 0 radical (unpaired) electrons. The molecule has 2 N–H and O–H groups in total. The number of benzene rings is 1. The summed E-state index contributed by atoms with van der Waals surface area (Å²) in [5, 5.41) is 13.8. The lowest BCUT2D eigenvalue weighted by molar-refractivity contribution is 0.229. The van der Waals surface area contributed by atoms with E-state index in [-0.39, 0.29) is 0 Å². The molecule has 6 nitrogen and oxygen atoms in total. The van der Waals surface area contributed by atoms with Crippen LogP contribution in [0.1, 0.15) is 25.1 Å². The number of rotatable bonds is 4. The highest BCUT2D eigenvalue weighted by atomic mass is 35.5. The van der Waals surface area contributed by atoms with Gasteiger partial charge in [-0.05, 0) is 43.5 Å². The van der Waals surface area contributed by atoms with Crippen molar-refractivity contribution in [2.75, 3.05) is 0 Å². The third-order valence-electron chi connectivity index (χ3n) is 4.03. The Morgan fingerprint density at radius 1 is 1.12 bits per heavy atom. The minimum Gasteiger partial charge on any atom is -0.332 e. The summed E-state index contributed by atoms with van der Waals surface area (Å²) < 4.78 is 5.28. The van der Waals surface area contributed by atoms with Gasteiger partial charge in [-0.2, -0.15) is 4.98 Å². The maximum Gasteiger partial charge on any atom is 0.278 e. The number of nitrogens with two attached hydrogens (primary N) is 1. The van der Waals surface area contributed by atoms with E-state index < -0.39 is 5.54 Å². The molecule has 0 unspecified atom stereocenters. The van der Waals surface area contributed by atoms with Gasteiger partial charge in [-0.3, -0.25) is 0 Å². The summed E-state index contributed by atoms with van der Waals surface area (Å²) in [6.07, 6.45) is 2.85. The fourth-order valence-electron chi connectivity index (χ4n) is 2.44. The second-order valence-electron chi connectivity index (χ2n) is 5.72. The van der Waals surface area contributed by atoms with E-state index in [4.69, 9.17) is 21.9 Å². The van der Waals surface area contributed by atoms with Crippen molar-refractivity contribution in [1.29, 1.82) is 0 Å². The van der Waals surface area contributed by atoms with E-state index in [0.717, 1.165) is 29.2 Å². The van der Waals surface area contributed by atoms with Crippen LogP contribution < -0.4 is 5.73 Å². The lowest BCUT2D eigenvalue weighted by atomic mass is 9.77. The van der Waals surface area contributed by atoms with Crippen LogP contribution in [0.3, 0.4) is 0 Å². The van der Waals surface area contributed by atoms with E-state index in [1.807, 2.05) is 30.3 Å². The molecule has 0 amide bonds. The molecule has 0 saturated heterocycles. The van der Waals surface area contributed by atoms with Crippen molar-refractivity contribution < 1.29 is 4.52 Å². The van der Waals surface area contributed by atoms with Gasteiger partial charge in [-0.25, -0.2) is 0 Å². The van der Waals surface area contributed by atoms with Crippen LogP contribution in [-0.4, -0.2) is 20.3 Å². The summed E-state index contributed by atoms with van der Waals surface area (Å²) in [4.78, 5) is 5.30. The molecule has 1 aromatic carbocycles. The third kappa shape index (κ3) is 2.90. The normalized spacial score (nSPS) is 15.9. The Kier molecular flexibility index (Phi) is 3.99. The molecule has 4 rings (SSSR count). The largest absolute Gasteiger partial charge is 0.332 e. The molecule has 0 bridgehead atoms. The van der Waals surface area contributed by atoms with Crippen LogP contribution in [0.2, 0.25) is 5.02 Å². The van der Waals surface area contributed by atoms with E-state index >= 15 is 0 Å². The van der Waals surface area contributed by atoms with Crippen molar-refractivity contribution >= 4 is 23.4 Å². The van der Waals surface area contributed by atoms with Crippen molar-refractivity contribution in [3.8, 4) is 11.6 Å². The van der Waals surface area contributed by atoms with Crippen LogP contribution in [0.15, 0.2) is 50.8 Å². The molecule has 0 aliphatic heterocycles. The van der Waals surface area contributed by atoms with Gasteiger partial charge in [-0.15, -0.1) is 10.2 Å².